The molecule has 0 aromatic rings. The van der Waals surface area contributed by atoms with Crippen molar-refractivity contribution in [3.05, 3.63) is 0 Å². The molecule has 0 aliphatic carbocycles. The lowest BCUT2D eigenvalue weighted by molar-refractivity contribution is 0.135. The Balaban J connectivity index is 4.11. The quantitative estimate of drug-likeness (QED) is 0.640. The molecular formula is C6H10N2O5S. The molecule has 8 heteroatoms. The van der Waals surface area contributed by atoms with Gasteiger partial charge in [-0.1, -0.05) is 12.8 Å². The van der Waals surface area contributed by atoms with Gasteiger partial charge in [-0.3, -0.25) is 0 Å². The van der Waals surface area contributed by atoms with Gasteiger partial charge in [0.2, 0.25) is 0 Å². The largest absolute Gasteiger partial charge is 0.453 e. The average molecular weight is 222 g/mol. The van der Waals surface area contributed by atoms with Crippen molar-refractivity contribution in [1.29, 1.82) is 0 Å². The summed E-state index contributed by atoms with van der Waals surface area (Å²) in [6, 6.07) is -1.04. The summed E-state index contributed by atoms with van der Waals surface area (Å²) in [7, 11) is 1.08. The highest BCUT2D eigenvalue weighted by Gasteiger charge is 2.21. The molecular weight excluding hydrogens is 212 g/mol. The molecule has 0 rings (SSSR count). The van der Waals surface area contributed by atoms with Crippen molar-refractivity contribution in [3.8, 4) is 0 Å². The number of carbonyl (C=O) groups is 3. The minimum absolute atomic E-state index is 0.0986. The number of hydrogen-bond donors (Lipinski definition) is 2. The maximum absolute atomic E-state index is 11.0. The average Bonchev–Trinajstić information content (AvgIpc) is 2.16. The van der Waals surface area contributed by atoms with E-state index in [1.807, 2.05) is 0 Å². The Morgan fingerprint density at radius 3 is 2.43 bits per heavy atom. The highest BCUT2D eigenvalue weighted by molar-refractivity contribution is 7.79. The summed E-state index contributed by atoms with van der Waals surface area (Å²) in [5, 5.41) is 1.72. The third-order valence-corrected chi connectivity index (χ3v) is 1.37. The van der Waals surface area contributed by atoms with Gasteiger partial charge in [0.15, 0.2) is 0 Å². The minimum Gasteiger partial charge on any atom is -0.453 e. The minimum atomic E-state index is -1.04. The molecule has 0 fully saturated rings. The molecule has 0 atom stereocenters. The molecule has 4 amide bonds. The lowest BCUT2D eigenvalue weighted by atomic mass is 10.8. The van der Waals surface area contributed by atoms with Crippen LogP contribution >= 0.6 is 12.8 Å². The molecule has 14 heavy (non-hydrogen) atoms. The molecule has 0 aliphatic heterocycles. The summed E-state index contributed by atoms with van der Waals surface area (Å²) in [6.07, 6.45) is -1.96. The van der Waals surface area contributed by atoms with Crippen LogP contribution in [0.15, 0.2) is 0 Å². The van der Waals surface area contributed by atoms with Gasteiger partial charge < -0.3 is 9.47 Å². The van der Waals surface area contributed by atoms with Crippen LogP contribution in [0.3, 0.4) is 0 Å². The van der Waals surface area contributed by atoms with Gasteiger partial charge in [-0.2, -0.15) is 4.31 Å². The fourth-order valence-corrected chi connectivity index (χ4v) is 0.567. The summed E-state index contributed by atoms with van der Waals surface area (Å²) in [6.45, 7) is 1.67. The van der Waals surface area contributed by atoms with E-state index in [4.69, 9.17) is 0 Å². The van der Waals surface area contributed by atoms with Gasteiger partial charge in [0, 0.05) is 0 Å². The molecule has 0 unspecified atom stereocenters. The van der Waals surface area contributed by atoms with Gasteiger partial charge in [0.25, 0.3) is 0 Å². The second-order valence-electron chi connectivity index (χ2n) is 1.93. The van der Waals surface area contributed by atoms with Crippen molar-refractivity contribution in [3.63, 3.8) is 0 Å². The number of amides is 4. The Labute approximate surface area is 85.9 Å². The highest BCUT2D eigenvalue weighted by atomic mass is 32.1. The summed E-state index contributed by atoms with van der Waals surface area (Å²) in [5.41, 5.74) is 0. The number of thiol groups is 1. The molecule has 0 aromatic heterocycles. The number of alkyl carbamates (subject to hydrolysis) is 1. The smallest absolute Gasteiger partial charge is 0.428 e. The van der Waals surface area contributed by atoms with E-state index in [9.17, 15) is 14.4 Å². The van der Waals surface area contributed by atoms with Crippen LogP contribution in [0.2, 0.25) is 0 Å². The maximum atomic E-state index is 11.0. The Bertz CT molecular complexity index is 244. The Morgan fingerprint density at radius 2 is 2.00 bits per heavy atom. The van der Waals surface area contributed by atoms with Crippen molar-refractivity contribution in [1.82, 2.24) is 9.62 Å². The van der Waals surface area contributed by atoms with E-state index >= 15 is 0 Å². The molecule has 0 aliphatic rings. The monoisotopic (exact) mass is 222 g/mol. The molecule has 1 N–H and O–H groups in total. The van der Waals surface area contributed by atoms with Gasteiger partial charge in [-0.25, -0.2) is 19.7 Å². The number of carbonyl (C=O) groups excluding carboxylic acids is 3. The molecule has 0 saturated heterocycles. The molecule has 0 saturated carbocycles. The first-order chi connectivity index (χ1) is 6.52. The second kappa shape index (κ2) is 6.08. The third-order valence-electron chi connectivity index (χ3n) is 1.03. The van der Waals surface area contributed by atoms with E-state index in [1.54, 1.807) is 12.2 Å². The number of hydrogen-bond acceptors (Lipinski definition) is 6. The molecule has 0 bridgehead atoms. The first-order valence-electron chi connectivity index (χ1n) is 3.57. The number of ether oxygens (including phenoxy) is 2. The standard InChI is InChI=1S/C6H10N2O5S/c1-3-13-6(11)8(14)4(9)7-5(10)12-2/h14H,3H2,1-2H3,(H,7,9,10). The normalized spacial score (nSPS) is 8.79. The third kappa shape index (κ3) is 3.99. The van der Waals surface area contributed by atoms with Crippen LogP contribution in [0.4, 0.5) is 14.4 Å². The second-order valence-corrected chi connectivity index (χ2v) is 2.33. The van der Waals surface area contributed by atoms with Crippen LogP contribution in [0.1, 0.15) is 6.92 Å². The van der Waals surface area contributed by atoms with E-state index in [0.29, 0.717) is 4.31 Å². The predicted octanol–water partition coefficient (Wildman–Crippen LogP) is 0.766. The van der Waals surface area contributed by atoms with Gasteiger partial charge in [-0.15, -0.1) is 0 Å². The van der Waals surface area contributed by atoms with Gasteiger partial charge in [0.1, 0.15) is 0 Å². The van der Waals surface area contributed by atoms with Crippen LogP contribution in [0.5, 0.6) is 0 Å². The number of rotatable bonds is 1. The lowest BCUT2D eigenvalue weighted by Gasteiger charge is -2.12. The fraction of sp³-hybridized carbons (Fsp3) is 0.500. The number of imide groups is 2. The van der Waals surface area contributed by atoms with Crippen molar-refractivity contribution < 1.29 is 23.9 Å². The zero-order valence-electron chi connectivity index (χ0n) is 7.64. The SMILES string of the molecule is CCOC(=O)N(S)C(=O)NC(=O)OC. The van der Waals surface area contributed by atoms with E-state index in [2.05, 4.69) is 22.3 Å². The van der Waals surface area contributed by atoms with Crippen molar-refractivity contribution in [2.45, 2.75) is 6.92 Å². The van der Waals surface area contributed by atoms with Gasteiger partial charge in [0.05, 0.1) is 13.7 Å². The zero-order chi connectivity index (χ0) is 11.1. The van der Waals surface area contributed by atoms with Crippen LogP contribution in [0.25, 0.3) is 0 Å². The Morgan fingerprint density at radius 1 is 1.43 bits per heavy atom. The topological polar surface area (TPSA) is 84.9 Å². The van der Waals surface area contributed by atoms with Crippen molar-refractivity contribution >= 4 is 31.0 Å². The number of nitrogens with one attached hydrogen (secondary N) is 1. The molecule has 0 heterocycles. The van der Waals surface area contributed by atoms with Crippen LogP contribution < -0.4 is 5.32 Å². The van der Waals surface area contributed by atoms with E-state index in [0.717, 1.165) is 7.11 Å². The van der Waals surface area contributed by atoms with E-state index in [-0.39, 0.29) is 6.61 Å². The fourth-order valence-electron chi connectivity index (χ4n) is 0.459. The Hall–Kier alpha value is -1.44. The first-order valence-corrected chi connectivity index (χ1v) is 3.97. The highest BCUT2D eigenvalue weighted by Crippen LogP contribution is 1.98. The van der Waals surface area contributed by atoms with E-state index < -0.39 is 18.2 Å². The summed E-state index contributed by atoms with van der Waals surface area (Å²) in [5.74, 6) is 0. The molecule has 7 nitrogen and oxygen atoms in total. The van der Waals surface area contributed by atoms with Crippen molar-refractivity contribution in [2.24, 2.45) is 0 Å². The van der Waals surface area contributed by atoms with Crippen molar-refractivity contribution in [2.75, 3.05) is 13.7 Å². The van der Waals surface area contributed by atoms with E-state index in [1.165, 1.54) is 0 Å². The molecule has 0 aromatic carbocycles. The number of nitrogens with zero attached hydrogens (tertiary/aromatic N) is 1. The maximum Gasteiger partial charge on any atom is 0.428 e. The van der Waals surface area contributed by atoms with Gasteiger partial charge in [-0.05, 0) is 6.92 Å². The zero-order valence-corrected chi connectivity index (χ0v) is 8.54. The van der Waals surface area contributed by atoms with Crippen LogP contribution in [-0.2, 0) is 9.47 Å². The van der Waals surface area contributed by atoms with Crippen LogP contribution in [0, 0.1) is 0 Å². The molecule has 80 valence electrons. The van der Waals surface area contributed by atoms with Crippen LogP contribution in [-0.4, -0.2) is 36.2 Å². The van der Waals surface area contributed by atoms with Gasteiger partial charge >= 0.3 is 18.2 Å². The number of urea groups is 1. The predicted molar refractivity (Wildman–Crippen MR) is 48.8 cm³/mol. The summed E-state index contributed by atoms with van der Waals surface area (Å²) >= 11 is 3.51. The Kier molecular flexibility index (Phi) is 5.46. The molecule has 0 spiro atoms. The summed E-state index contributed by atoms with van der Waals surface area (Å²) in [4.78, 5) is 32.4. The lowest BCUT2D eigenvalue weighted by Crippen LogP contribution is -2.41. The first kappa shape index (κ1) is 12.6. The number of methoxy groups -OCH3 is 1. The molecule has 0 radical (unpaired) electrons. The summed E-state index contributed by atoms with van der Waals surface area (Å²) < 4.78 is 8.88.